The van der Waals surface area contributed by atoms with Crippen LogP contribution in [0.25, 0.3) is 0 Å². The van der Waals surface area contributed by atoms with E-state index in [1.54, 1.807) is 0 Å². The van der Waals surface area contributed by atoms with Crippen molar-refractivity contribution in [1.82, 2.24) is 19.6 Å². The van der Waals surface area contributed by atoms with E-state index in [2.05, 4.69) is 26.5 Å². The minimum atomic E-state index is 0.276. The molecule has 0 saturated carbocycles. The van der Waals surface area contributed by atoms with Crippen LogP contribution in [-0.2, 0) is 0 Å². The fourth-order valence-electron chi connectivity index (χ4n) is 3.50. The molecule has 6 heteroatoms. The number of hydrogen-bond acceptors (Lipinski definition) is 6. The van der Waals surface area contributed by atoms with Crippen LogP contribution < -0.4 is 0 Å². The largest absolute Gasteiger partial charge is 0.395 e. The molecule has 130 valence electrons. The lowest BCUT2D eigenvalue weighted by molar-refractivity contribution is 0.0731. The Kier molecular flexibility index (Phi) is 8.06. The van der Waals surface area contributed by atoms with Gasteiger partial charge in [0.15, 0.2) is 0 Å². The molecule has 0 amide bonds. The number of hydrogen-bond donors (Lipinski definition) is 2. The Morgan fingerprint density at radius 3 is 1.55 bits per heavy atom. The Bertz CT molecular complexity index is 290. The van der Waals surface area contributed by atoms with E-state index in [-0.39, 0.29) is 13.2 Å². The van der Waals surface area contributed by atoms with Crippen molar-refractivity contribution in [2.45, 2.75) is 19.4 Å². The maximum Gasteiger partial charge on any atom is 0.0558 e. The molecule has 1 unspecified atom stereocenters. The van der Waals surface area contributed by atoms with Gasteiger partial charge in [-0.2, -0.15) is 0 Å². The summed E-state index contributed by atoms with van der Waals surface area (Å²) in [4.78, 5) is 9.85. The molecule has 1 atom stereocenters. The molecule has 2 fully saturated rings. The molecule has 0 aliphatic carbocycles. The first-order valence-electron chi connectivity index (χ1n) is 8.85. The van der Waals surface area contributed by atoms with Crippen LogP contribution in [0.1, 0.15) is 13.3 Å². The number of aliphatic hydroxyl groups excluding tert-OH is 2. The van der Waals surface area contributed by atoms with Gasteiger partial charge in [0, 0.05) is 71.5 Å². The van der Waals surface area contributed by atoms with Gasteiger partial charge in [-0.15, -0.1) is 0 Å². The molecule has 2 aliphatic rings. The molecule has 22 heavy (non-hydrogen) atoms. The fourth-order valence-corrected chi connectivity index (χ4v) is 3.50. The zero-order valence-electron chi connectivity index (χ0n) is 14.2. The Hall–Kier alpha value is -0.240. The molecule has 6 nitrogen and oxygen atoms in total. The first kappa shape index (κ1) is 18.1. The standard InChI is InChI=1S/C16H34N4O2/c1-16(20-10-8-19(9-11-20)13-15-22)2-3-17-4-6-18(7-5-17)12-14-21/h16,21-22H,2-15H2,1H3. The van der Waals surface area contributed by atoms with Crippen LogP contribution in [0.2, 0.25) is 0 Å². The fraction of sp³-hybridized carbons (Fsp3) is 1.00. The molecular weight excluding hydrogens is 280 g/mol. The lowest BCUT2D eigenvalue weighted by Gasteiger charge is -2.39. The summed E-state index contributed by atoms with van der Waals surface area (Å²) in [6.07, 6.45) is 1.24. The van der Waals surface area contributed by atoms with Crippen LogP contribution in [0.4, 0.5) is 0 Å². The Labute approximate surface area is 135 Å². The Balaban J connectivity index is 1.59. The van der Waals surface area contributed by atoms with Crippen molar-refractivity contribution in [2.75, 3.05) is 85.2 Å². The number of aliphatic hydroxyl groups is 2. The van der Waals surface area contributed by atoms with Gasteiger partial charge in [-0.3, -0.25) is 14.7 Å². The topological polar surface area (TPSA) is 53.4 Å². The summed E-state index contributed by atoms with van der Waals surface area (Å²) >= 11 is 0. The van der Waals surface area contributed by atoms with E-state index in [1.807, 2.05) is 0 Å². The van der Waals surface area contributed by atoms with Gasteiger partial charge in [0.2, 0.25) is 0 Å². The van der Waals surface area contributed by atoms with E-state index >= 15 is 0 Å². The maximum absolute atomic E-state index is 9.00. The summed E-state index contributed by atoms with van der Waals surface area (Å²) in [5.41, 5.74) is 0. The van der Waals surface area contributed by atoms with Crippen molar-refractivity contribution >= 4 is 0 Å². The second kappa shape index (κ2) is 9.80. The van der Waals surface area contributed by atoms with Gasteiger partial charge in [0.1, 0.15) is 0 Å². The summed E-state index contributed by atoms with van der Waals surface area (Å²) in [7, 11) is 0. The van der Waals surface area contributed by atoms with Crippen LogP contribution >= 0.6 is 0 Å². The number of β-amino-alcohol motifs (C(OH)–C–C–N with tert-alkyl or cyclic N) is 2. The highest BCUT2D eigenvalue weighted by Crippen LogP contribution is 2.11. The van der Waals surface area contributed by atoms with Crippen LogP contribution in [0.5, 0.6) is 0 Å². The van der Waals surface area contributed by atoms with Crippen LogP contribution in [0.15, 0.2) is 0 Å². The second-order valence-corrected chi connectivity index (χ2v) is 6.65. The summed E-state index contributed by atoms with van der Waals surface area (Å²) < 4.78 is 0. The van der Waals surface area contributed by atoms with Crippen LogP contribution in [0.3, 0.4) is 0 Å². The van der Waals surface area contributed by atoms with Gasteiger partial charge in [0.25, 0.3) is 0 Å². The van der Waals surface area contributed by atoms with Crippen molar-refractivity contribution in [3.63, 3.8) is 0 Å². The molecule has 2 saturated heterocycles. The van der Waals surface area contributed by atoms with E-state index < -0.39 is 0 Å². The minimum absolute atomic E-state index is 0.276. The van der Waals surface area contributed by atoms with Gasteiger partial charge in [-0.05, 0) is 19.9 Å². The van der Waals surface area contributed by atoms with E-state index in [0.29, 0.717) is 6.04 Å². The molecule has 2 heterocycles. The second-order valence-electron chi connectivity index (χ2n) is 6.65. The average Bonchev–Trinajstić information content (AvgIpc) is 2.55. The third-order valence-electron chi connectivity index (χ3n) is 5.19. The molecular formula is C16H34N4O2. The van der Waals surface area contributed by atoms with Crippen molar-refractivity contribution in [2.24, 2.45) is 0 Å². The SMILES string of the molecule is CC(CCN1CCN(CCO)CC1)N1CCN(CCO)CC1. The highest BCUT2D eigenvalue weighted by atomic mass is 16.3. The molecule has 2 rings (SSSR count). The summed E-state index contributed by atoms with van der Waals surface area (Å²) in [6.45, 7) is 14.6. The third kappa shape index (κ3) is 5.76. The van der Waals surface area contributed by atoms with E-state index in [1.165, 1.54) is 13.0 Å². The highest BCUT2D eigenvalue weighted by Gasteiger charge is 2.22. The quantitative estimate of drug-likeness (QED) is 0.598. The van der Waals surface area contributed by atoms with E-state index in [0.717, 1.165) is 65.4 Å². The molecule has 0 bridgehead atoms. The maximum atomic E-state index is 9.00. The van der Waals surface area contributed by atoms with E-state index in [4.69, 9.17) is 10.2 Å². The molecule has 0 spiro atoms. The third-order valence-corrected chi connectivity index (χ3v) is 5.19. The monoisotopic (exact) mass is 314 g/mol. The Morgan fingerprint density at radius 2 is 1.09 bits per heavy atom. The molecule has 0 aromatic heterocycles. The van der Waals surface area contributed by atoms with Gasteiger partial charge < -0.3 is 15.1 Å². The first-order valence-corrected chi connectivity index (χ1v) is 8.85. The van der Waals surface area contributed by atoms with Crippen molar-refractivity contribution in [1.29, 1.82) is 0 Å². The number of nitrogens with zero attached hydrogens (tertiary/aromatic N) is 4. The number of rotatable bonds is 8. The normalized spacial score (nSPS) is 24.7. The lowest BCUT2D eigenvalue weighted by Crippen LogP contribution is -2.51. The summed E-state index contributed by atoms with van der Waals surface area (Å²) in [5.74, 6) is 0. The van der Waals surface area contributed by atoms with Crippen molar-refractivity contribution < 1.29 is 10.2 Å². The minimum Gasteiger partial charge on any atom is -0.395 e. The van der Waals surface area contributed by atoms with E-state index in [9.17, 15) is 0 Å². The van der Waals surface area contributed by atoms with Gasteiger partial charge >= 0.3 is 0 Å². The lowest BCUT2D eigenvalue weighted by atomic mass is 10.1. The van der Waals surface area contributed by atoms with Gasteiger partial charge in [-0.1, -0.05) is 0 Å². The average molecular weight is 314 g/mol. The van der Waals surface area contributed by atoms with Crippen LogP contribution in [0, 0.1) is 0 Å². The predicted octanol–water partition coefficient (Wildman–Crippen LogP) is -1.02. The molecule has 2 aliphatic heterocycles. The van der Waals surface area contributed by atoms with Crippen molar-refractivity contribution in [3.8, 4) is 0 Å². The smallest absolute Gasteiger partial charge is 0.0558 e. The van der Waals surface area contributed by atoms with Gasteiger partial charge in [-0.25, -0.2) is 0 Å². The summed E-state index contributed by atoms with van der Waals surface area (Å²) in [6, 6.07) is 0.645. The highest BCUT2D eigenvalue weighted by molar-refractivity contribution is 4.78. The van der Waals surface area contributed by atoms with Gasteiger partial charge in [0.05, 0.1) is 13.2 Å². The number of piperazine rings is 2. The molecule has 0 radical (unpaired) electrons. The first-order chi connectivity index (χ1) is 10.7. The molecule has 0 aromatic carbocycles. The van der Waals surface area contributed by atoms with Crippen LogP contribution in [-0.4, -0.2) is 121 Å². The summed E-state index contributed by atoms with van der Waals surface area (Å²) in [5, 5.41) is 18.0. The Morgan fingerprint density at radius 1 is 0.682 bits per heavy atom. The molecule has 2 N–H and O–H groups in total. The predicted molar refractivity (Wildman–Crippen MR) is 89.1 cm³/mol. The zero-order valence-corrected chi connectivity index (χ0v) is 14.2. The van der Waals surface area contributed by atoms with Crippen molar-refractivity contribution in [3.05, 3.63) is 0 Å². The molecule has 0 aromatic rings. The zero-order chi connectivity index (χ0) is 15.8.